The molecule has 0 atom stereocenters. The highest BCUT2D eigenvalue weighted by Crippen LogP contribution is 2.54. The first-order valence-corrected chi connectivity index (χ1v) is 10.2. The van der Waals surface area contributed by atoms with E-state index < -0.39 is 33.4 Å². The first kappa shape index (κ1) is 28.5. The molecule has 0 saturated carbocycles. The SMILES string of the molecule is C[S+](C)CC(=O)C(C)(C)C.O=S(=O)([O-])C(F)(F)C(F)(F)C(F)(F)C(F)(F)F. The van der Waals surface area contributed by atoms with E-state index in [2.05, 4.69) is 12.5 Å². The first-order chi connectivity index (χ1) is 11.3. The highest BCUT2D eigenvalue weighted by atomic mass is 32.2. The Labute approximate surface area is 152 Å². The lowest BCUT2D eigenvalue weighted by Gasteiger charge is -2.34. The molecule has 0 radical (unpaired) electrons. The van der Waals surface area contributed by atoms with Crippen LogP contribution in [0.5, 0.6) is 0 Å². The summed E-state index contributed by atoms with van der Waals surface area (Å²) in [5, 5.41) is -7.11. The zero-order chi connectivity index (χ0) is 22.9. The molecule has 0 unspecified atom stereocenters. The van der Waals surface area contributed by atoms with Crippen LogP contribution in [0, 0.1) is 5.41 Å². The van der Waals surface area contributed by atoms with E-state index in [0.717, 1.165) is 5.75 Å². The predicted octanol–water partition coefficient (Wildman–Crippen LogP) is 3.44. The highest BCUT2D eigenvalue weighted by molar-refractivity contribution is 7.96. The molecule has 15 heteroatoms. The van der Waals surface area contributed by atoms with Crippen molar-refractivity contribution in [3.63, 3.8) is 0 Å². The van der Waals surface area contributed by atoms with Crippen LogP contribution in [0.2, 0.25) is 0 Å². The number of alkyl halides is 9. The number of hydrogen-bond acceptors (Lipinski definition) is 4. The number of carbonyl (C=O) groups excluding carboxylic acids is 1. The van der Waals surface area contributed by atoms with Gasteiger partial charge >= 0.3 is 23.3 Å². The molecule has 4 nitrogen and oxygen atoms in total. The Morgan fingerprint density at radius 3 is 1.33 bits per heavy atom. The molecule has 0 aliphatic heterocycles. The van der Waals surface area contributed by atoms with E-state index in [1.54, 1.807) is 0 Å². The first-order valence-electron chi connectivity index (χ1n) is 6.57. The monoisotopic (exact) mass is 460 g/mol. The smallest absolute Gasteiger partial charge is 0.460 e. The minimum absolute atomic E-state index is 0.142. The van der Waals surface area contributed by atoms with Gasteiger partial charge in [-0.3, -0.25) is 4.79 Å². The van der Waals surface area contributed by atoms with E-state index in [9.17, 15) is 57.3 Å². The minimum Gasteiger partial charge on any atom is -0.743 e. The van der Waals surface area contributed by atoms with Gasteiger partial charge in [0.2, 0.25) is 0 Å². The Morgan fingerprint density at radius 1 is 0.852 bits per heavy atom. The maximum absolute atomic E-state index is 12.2. The van der Waals surface area contributed by atoms with E-state index in [-0.39, 0.29) is 16.3 Å². The molecule has 164 valence electrons. The van der Waals surface area contributed by atoms with Crippen molar-refractivity contribution >= 4 is 26.8 Å². The standard InChI is InChI=1S/C8H17OS.C4HF9O3S/c1-8(2,3)7(9)6-10(4)5;5-1(6,3(9,10)11)2(7,8)4(12,13)17(14,15)16/h6H2,1-5H3;(H,14,15,16)/q+1;/p-1. The van der Waals surface area contributed by atoms with E-state index >= 15 is 0 Å². The van der Waals surface area contributed by atoms with Crippen molar-refractivity contribution in [1.29, 1.82) is 0 Å². The maximum atomic E-state index is 12.2. The van der Waals surface area contributed by atoms with Crippen LogP contribution in [0.1, 0.15) is 20.8 Å². The van der Waals surface area contributed by atoms with Gasteiger partial charge in [0.25, 0.3) is 0 Å². The predicted molar refractivity (Wildman–Crippen MR) is 79.1 cm³/mol. The van der Waals surface area contributed by atoms with E-state index in [1.807, 2.05) is 20.8 Å². The van der Waals surface area contributed by atoms with Crippen LogP contribution in [0.3, 0.4) is 0 Å². The molecular weight excluding hydrogens is 443 g/mol. The van der Waals surface area contributed by atoms with Crippen molar-refractivity contribution in [2.45, 2.75) is 44.0 Å². The van der Waals surface area contributed by atoms with Crippen LogP contribution in [0.15, 0.2) is 0 Å². The molecule has 0 spiro atoms. The number of hydrogen-bond donors (Lipinski definition) is 0. The normalized spacial score (nSPS) is 14.7. The van der Waals surface area contributed by atoms with Gasteiger partial charge in [0.05, 0.1) is 12.5 Å². The van der Waals surface area contributed by atoms with Crippen molar-refractivity contribution in [1.82, 2.24) is 0 Å². The molecule has 0 aromatic heterocycles. The van der Waals surface area contributed by atoms with E-state index in [0.29, 0.717) is 5.78 Å². The maximum Gasteiger partial charge on any atom is 0.460 e. The van der Waals surface area contributed by atoms with Gasteiger partial charge in [0.1, 0.15) is 0 Å². The molecule has 27 heavy (non-hydrogen) atoms. The minimum atomic E-state index is -7.43. The topological polar surface area (TPSA) is 74.3 Å². The zero-order valence-corrected chi connectivity index (χ0v) is 16.2. The van der Waals surface area contributed by atoms with Crippen LogP contribution in [0.25, 0.3) is 0 Å². The molecule has 0 N–H and O–H groups in total. The quantitative estimate of drug-likeness (QED) is 0.358. The number of halogens is 9. The largest absolute Gasteiger partial charge is 0.743 e. The molecule has 0 aromatic rings. The summed E-state index contributed by atoms with van der Waals surface area (Å²) in [4.78, 5) is 11.3. The average molecular weight is 460 g/mol. The molecular formula is C12H17F9O4S2. The van der Waals surface area contributed by atoms with Crippen molar-refractivity contribution in [3.05, 3.63) is 0 Å². The third-order valence-corrected chi connectivity index (χ3v) is 4.41. The second-order valence-electron chi connectivity index (χ2n) is 6.42. The lowest BCUT2D eigenvalue weighted by Crippen LogP contribution is -2.63. The van der Waals surface area contributed by atoms with Crippen molar-refractivity contribution < 1.29 is 57.3 Å². The molecule has 0 saturated heterocycles. The molecule has 0 fully saturated rings. The Hall–Kier alpha value is -0.700. The van der Waals surface area contributed by atoms with Crippen molar-refractivity contribution in [3.8, 4) is 0 Å². The third kappa shape index (κ3) is 6.69. The van der Waals surface area contributed by atoms with Gasteiger partial charge in [-0.1, -0.05) is 20.8 Å². The fourth-order valence-corrected chi connectivity index (χ4v) is 2.40. The van der Waals surface area contributed by atoms with Gasteiger partial charge in [-0.15, -0.1) is 0 Å². The summed E-state index contributed by atoms with van der Waals surface area (Å²) in [6.07, 6.45) is -2.96. The summed E-state index contributed by atoms with van der Waals surface area (Å²) in [5.41, 5.74) is -0.142. The summed E-state index contributed by atoms with van der Waals surface area (Å²) in [7, 11) is -7.16. The molecule has 0 amide bonds. The third-order valence-electron chi connectivity index (χ3n) is 2.69. The molecule has 0 aromatic carbocycles. The lowest BCUT2D eigenvalue weighted by atomic mass is 9.92. The summed E-state index contributed by atoms with van der Waals surface area (Å²) in [5.74, 6) is -13.7. The van der Waals surface area contributed by atoms with Crippen LogP contribution in [-0.4, -0.2) is 60.3 Å². The van der Waals surface area contributed by atoms with Gasteiger partial charge < -0.3 is 4.55 Å². The summed E-state index contributed by atoms with van der Waals surface area (Å²) >= 11 is 0. The Kier molecular flexibility index (Phi) is 8.82. The number of Topliss-reactive ketones (excluding diaryl/α,β-unsaturated/α-hetero) is 1. The van der Waals surface area contributed by atoms with Gasteiger partial charge in [0, 0.05) is 5.41 Å². The number of rotatable bonds is 5. The number of ketones is 1. The van der Waals surface area contributed by atoms with Gasteiger partial charge in [-0.25, -0.2) is 8.42 Å². The average Bonchev–Trinajstić information content (AvgIpc) is 2.34. The Bertz CT molecular complexity index is 620. The van der Waals surface area contributed by atoms with Crippen molar-refractivity contribution in [2.75, 3.05) is 18.3 Å². The van der Waals surface area contributed by atoms with E-state index in [1.165, 1.54) is 0 Å². The van der Waals surface area contributed by atoms with Gasteiger partial charge in [0.15, 0.2) is 21.7 Å². The summed E-state index contributed by atoms with van der Waals surface area (Å²) in [6.45, 7) is 5.92. The fourth-order valence-electron chi connectivity index (χ4n) is 0.996. The fraction of sp³-hybridized carbons (Fsp3) is 0.917. The van der Waals surface area contributed by atoms with Crippen molar-refractivity contribution in [2.24, 2.45) is 5.41 Å². The Morgan fingerprint density at radius 2 is 1.19 bits per heavy atom. The molecule has 0 aliphatic carbocycles. The molecule has 0 heterocycles. The Balaban J connectivity index is 0. The summed E-state index contributed by atoms with van der Waals surface area (Å²) < 4.78 is 135. The van der Waals surface area contributed by atoms with Crippen LogP contribution in [-0.2, 0) is 25.8 Å². The van der Waals surface area contributed by atoms with Crippen LogP contribution < -0.4 is 0 Å². The lowest BCUT2D eigenvalue weighted by molar-refractivity contribution is -0.382. The molecule has 0 rings (SSSR count). The number of carbonyl (C=O) groups is 1. The summed E-state index contributed by atoms with van der Waals surface area (Å²) in [6, 6.07) is 0. The molecule has 0 bridgehead atoms. The second-order valence-corrected chi connectivity index (χ2v) is 10.1. The van der Waals surface area contributed by atoms with E-state index in [4.69, 9.17) is 0 Å². The zero-order valence-electron chi connectivity index (χ0n) is 14.6. The highest BCUT2D eigenvalue weighted by Gasteiger charge is 2.83. The second kappa shape index (κ2) is 8.35. The van der Waals surface area contributed by atoms with Gasteiger partial charge in [-0.2, -0.15) is 39.5 Å². The van der Waals surface area contributed by atoms with Crippen LogP contribution in [0.4, 0.5) is 39.5 Å². The molecule has 0 aliphatic rings. The van der Waals surface area contributed by atoms with Crippen LogP contribution >= 0.6 is 0 Å². The van der Waals surface area contributed by atoms with Gasteiger partial charge in [-0.05, 0) is 10.9 Å².